The molecular weight excluding hydrogens is 552 g/mol. The average molecular weight is 582 g/mol. The van der Waals surface area contributed by atoms with Crippen molar-refractivity contribution < 1.29 is 13.6 Å². The molecule has 6 aromatic rings. The summed E-state index contributed by atoms with van der Waals surface area (Å²) in [4.78, 5) is 30.3. The molecule has 12 heteroatoms. The molecule has 43 heavy (non-hydrogen) atoms. The highest BCUT2D eigenvalue weighted by molar-refractivity contribution is 5.98. The minimum Gasteiger partial charge on any atom is -0.384 e. The number of H-pyrrole nitrogens is 2. The molecule has 1 amide bonds. The molecular formula is C31H29F2N9O. The second-order valence-corrected chi connectivity index (χ2v) is 10.4. The third-order valence-electron chi connectivity index (χ3n) is 7.03. The summed E-state index contributed by atoms with van der Waals surface area (Å²) in [5, 5.41) is 13.5. The quantitative estimate of drug-likeness (QED) is 0.169. The second kappa shape index (κ2) is 11.6. The number of imidazole rings is 1. The first-order chi connectivity index (χ1) is 20.8. The van der Waals surface area contributed by atoms with Gasteiger partial charge in [-0.1, -0.05) is 6.92 Å². The monoisotopic (exact) mass is 581 g/mol. The number of nitrogens with one attached hydrogen (secondary N) is 4. The van der Waals surface area contributed by atoms with Crippen molar-refractivity contribution in [3.05, 3.63) is 72.7 Å². The Morgan fingerprint density at radius 2 is 1.84 bits per heavy atom. The predicted molar refractivity (Wildman–Crippen MR) is 164 cm³/mol. The Balaban J connectivity index is 1.40. The zero-order valence-electron chi connectivity index (χ0n) is 23.8. The minimum absolute atomic E-state index is 0.167. The van der Waals surface area contributed by atoms with Gasteiger partial charge in [0.05, 0.1) is 28.3 Å². The Kier molecular flexibility index (Phi) is 7.51. The molecule has 4 N–H and O–H groups in total. The number of hydrogen-bond donors (Lipinski definition) is 4. The first-order valence-electron chi connectivity index (χ1n) is 13.8. The number of fused-ring (bicyclic) bond motifs is 2. The summed E-state index contributed by atoms with van der Waals surface area (Å²) in [7, 11) is 3.95. The zero-order chi connectivity index (χ0) is 30.1. The van der Waals surface area contributed by atoms with E-state index in [9.17, 15) is 9.18 Å². The van der Waals surface area contributed by atoms with Crippen molar-refractivity contribution >= 4 is 39.3 Å². The Hall–Kier alpha value is -5.23. The maximum absolute atomic E-state index is 16.2. The lowest BCUT2D eigenvalue weighted by molar-refractivity contribution is -0.115. The van der Waals surface area contributed by atoms with Crippen molar-refractivity contribution in [3.8, 4) is 33.8 Å². The number of likely N-dealkylation sites (N-methyl/N-ethyl adjacent to an activating group) is 1. The molecule has 0 saturated heterocycles. The van der Waals surface area contributed by atoms with E-state index >= 15 is 4.39 Å². The van der Waals surface area contributed by atoms with Crippen LogP contribution in [0, 0.1) is 11.6 Å². The second-order valence-electron chi connectivity index (χ2n) is 10.4. The maximum atomic E-state index is 16.2. The molecule has 218 valence electrons. The molecule has 6 rings (SSSR count). The molecule has 0 radical (unpaired) electrons. The van der Waals surface area contributed by atoms with Crippen molar-refractivity contribution in [2.24, 2.45) is 0 Å². The van der Waals surface area contributed by atoms with Crippen LogP contribution in [0.2, 0.25) is 0 Å². The van der Waals surface area contributed by atoms with E-state index < -0.39 is 5.82 Å². The highest BCUT2D eigenvalue weighted by Gasteiger charge is 2.21. The van der Waals surface area contributed by atoms with Crippen LogP contribution in [0.1, 0.15) is 13.3 Å². The van der Waals surface area contributed by atoms with Gasteiger partial charge in [-0.05, 0) is 62.1 Å². The highest BCUT2D eigenvalue weighted by Crippen LogP contribution is 2.36. The van der Waals surface area contributed by atoms with Crippen LogP contribution in [0.15, 0.2) is 61.1 Å². The largest absolute Gasteiger partial charge is 0.384 e. The molecule has 0 aliphatic carbocycles. The number of aromatic amines is 2. The number of rotatable bonds is 9. The van der Waals surface area contributed by atoms with E-state index in [1.807, 2.05) is 25.1 Å². The number of hydrogen-bond acceptors (Lipinski definition) is 7. The van der Waals surface area contributed by atoms with Crippen LogP contribution >= 0.6 is 0 Å². The number of aromatic nitrogens is 6. The standard InChI is InChI=1S/C31H29F2N9O/c1-4-25(43)37-21-13-18(15-34-16-21)22-5-6-24-26(27(22)33)29(41-40-24)31-38-28-23(7-8-36-30(28)39-31)17-11-19(32)14-20(12-17)35-9-10-42(2)3/h5-8,11-16,35H,4,9-10H2,1-3H3,(H,37,43)(H,40,41)(H,36,38,39). The molecule has 4 heterocycles. The van der Waals surface area contributed by atoms with Crippen molar-refractivity contribution in [2.45, 2.75) is 13.3 Å². The van der Waals surface area contributed by atoms with E-state index in [1.165, 1.54) is 24.5 Å². The number of halogens is 2. The summed E-state index contributed by atoms with van der Waals surface area (Å²) in [5.41, 5.74) is 4.94. The molecule has 0 bridgehead atoms. The van der Waals surface area contributed by atoms with Crippen LogP contribution in [-0.4, -0.2) is 68.1 Å². The summed E-state index contributed by atoms with van der Waals surface area (Å²) < 4.78 is 30.8. The number of amides is 1. The lowest BCUT2D eigenvalue weighted by atomic mass is 10.0. The van der Waals surface area contributed by atoms with Crippen LogP contribution in [0.4, 0.5) is 20.2 Å². The predicted octanol–water partition coefficient (Wildman–Crippen LogP) is 5.83. The lowest BCUT2D eigenvalue weighted by Crippen LogP contribution is -2.20. The fourth-order valence-electron chi connectivity index (χ4n) is 4.91. The summed E-state index contributed by atoms with van der Waals surface area (Å²) in [6, 6.07) is 11.6. The molecule has 0 fully saturated rings. The fourth-order valence-corrected chi connectivity index (χ4v) is 4.91. The van der Waals surface area contributed by atoms with Crippen molar-refractivity contribution in [3.63, 3.8) is 0 Å². The van der Waals surface area contributed by atoms with Crippen LogP contribution < -0.4 is 10.6 Å². The smallest absolute Gasteiger partial charge is 0.224 e. The summed E-state index contributed by atoms with van der Waals surface area (Å²) in [6.07, 6.45) is 4.96. The number of benzene rings is 2. The summed E-state index contributed by atoms with van der Waals surface area (Å²) in [6.45, 7) is 3.20. The number of carbonyl (C=O) groups is 1. The SMILES string of the molecule is CCC(=O)Nc1cncc(-c2ccc3[nH]nc(-c4nc5nccc(-c6cc(F)cc(NCCN(C)C)c6)c5[nH]4)c3c2F)c1. The van der Waals surface area contributed by atoms with Gasteiger partial charge in [0, 0.05) is 54.3 Å². The van der Waals surface area contributed by atoms with Gasteiger partial charge in [-0.15, -0.1) is 0 Å². The molecule has 0 aliphatic rings. The van der Waals surface area contributed by atoms with E-state index in [4.69, 9.17) is 0 Å². The average Bonchev–Trinajstić information content (AvgIpc) is 3.62. The molecule has 0 aliphatic heterocycles. The Labute approximate surface area is 245 Å². The maximum Gasteiger partial charge on any atom is 0.224 e. The van der Waals surface area contributed by atoms with Crippen LogP contribution in [0.3, 0.4) is 0 Å². The first-order valence-corrected chi connectivity index (χ1v) is 13.8. The van der Waals surface area contributed by atoms with Gasteiger partial charge in [0.15, 0.2) is 11.5 Å². The van der Waals surface area contributed by atoms with E-state index in [0.717, 1.165) is 6.54 Å². The Morgan fingerprint density at radius 3 is 2.65 bits per heavy atom. The zero-order valence-corrected chi connectivity index (χ0v) is 23.8. The van der Waals surface area contributed by atoms with Gasteiger partial charge in [0.2, 0.25) is 5.91 Å². The van der Waals surface area contributed by atoms with Gasteiger partial charge in [-0.2, -0.15) is 5.10 Å². The minimum atomic E-state index is -0.519. The molecule has 10 nitrogen and oxygen atoms in total. The van der Waals surface area contributed by atoms with E-state index in [-0.39, 0.29) is 22.8 Å². The third kappa shape index (κ3) is 5.64. The highest BCUT2D eigenvalue weighted by atomic mass is 19.1. The van der Waals surface area contributed by atoms with Crippen molar-refractivity contribution in [2.75, 3.05) is 37.8 Å². The van der Waals surface area contributed by atoms with Crippen LogP contribution in [-0.2, 0) is 4.79 Å². The topological polar surface area (TPSA) is 128 Å². The van der Waals surface area contributed by atoms with Gasteiger partial charge in [0.25, 0.3) is 0 Å². The lowest BCUT2D eigenvalue weighted by Gasteiger charge is -2.13. The molecule has 0 unspecified atom stereocenters. The number of anilines is 2. The van der Waals surface area contributed by atoms with E-state index in [1.54, 1.807) is 37.4 Å². The van der Waals surface area contributed by atoms with Crippen molar-refractivity contribution in [1.29, 1.82) is 0 Å². The fraction of sp³-hybridized carbons (Fsp3) is 0.194. The van der Waals surface area contributed by atoms with E-state index in [2.05, 4.69) is 40.8 Å². The summed E-state index contributed by atoms with van der Waals surface area (Å²) in [5.74, 6) is -0.760. The molecule has 0 atom stereocenters. The normalized spacial score (nSPS) is 11.5. The molecule has 2 aromatic carbocycles. The van der Waals surface area contributed by atoms with Crippen molar-refractivity contribution in [1.82, 2.24) is 35.0 Å². The molecule has 0 saturated carbocycles. The first kappa shape index (κ1) is 27.9. The van der Waals surface area contributed by atoms with Crippen LogP contribution in [0.5, 0.6) is 0 Å². The van der Waals surface area contributed by atoms with Gasteiger partial charge in [-0.25, -0.2) is 18.7 Å². The third-order valence-corrected chi connectivity index (χ3v) is 7.03. The van der Waals surface area contributed by atoms with Gasteiger partial charge < -0.3 is 20.5 Å². The Bertz CT molecular complexity index is 1960. The van der Waals surface area contributed by atoms with E-state index in [0.29, 0.717) is 69.1 Å². The number of nitrogens with zero attached hydrogens (tertiary/aromatic N) is 5. The van der Waals surface area contributed by atoms with Gasteiger partial charge >= 0.3 is 0 Å². The number of carbonyl (C=O) groups excluding carboxylic acids is 1. The molecule has 4 aromatic heterocycles. The van der Waals surface area contributed by atoms with Crippen LogP contribution in [0.25, 0.3) is 55.8 Å². The molecule has 0 spiro atoms. The van der Waals surface area contributed by atoms with Gasteiger partial charge in [0.1, 0.15) is 17.3 Å². The number of pyridine rings is 2. The van der Waals surface area contributed by atoms with Gasteiger partial charge in [-0.3, -0.25) is 14.9 Å². The Morgan fingerprint density at radius 1 is 1.00 bits per heavy atom. The summed E-state index contributed by atoms with van der Waals surface area (Å²) >= 11 is 0.